The topological polar surface area (TPSA) is 160 Å². The summed E-state index contributed by atoms with van der Waals surface area (Å²) in [5.41, 5.74) is -0.991. The number of carboxylic acids is 2. The Morgan fingerprint density at radius 2 is 1.62 bits per heavy atom. The number of aliphatic carboxylic acids is 2. The van der Waals surface area contributed by atoms with E-state index < -0.39 is 23.8 Å². The van der Waals surface area contributed by atoms with E-state index in [4.69, 9.17) is 20.7 Å². The Bertz CT molecular complexity index is 478. The summed E-state index contributed by atoms with van der Waals surface area (Å²) in [6.07, 6.45) is -0.339. The molecule has 1 atom stereocenters. The molecule has 0 saturated heterocycles. The van der Waals surface area contributed by atoms with Gasteiger partial charge in [0.15, 0.2) is 5.72 Å². The molecule has 1 aliphatic rings. The zero-order chi connectivity index (χ0) is 19.7. The molecule has 1 saturated carbocycles. The minimum absolute atomic E-state index is 0.00162. The molecule has 0 aromatic rings. The molecule has 11 heteroatoms. The van der Waals surface area contributed by atoms with Crippen molar-refractivity contribution in [2.75, 3.05) is 32.7 Å². The van der Waals surface area contributed by atoms with Crippen molar-refractivity contribution in [2.24, 2.45) is 0 Å². The minimum Gasteiger partial charge on any atom is -0.481 e. The van der Waals surface area contributed by atoms with E-state index in [1.165, 1.54) is 0 Å². The first-order chi connectivity index (χ1) is 12.2. The third-order valence-electron chi connectivity index (χ3n) is 4.10. The molecular weight excluding hydrogens is 352 g/mol. The molecule has 5 N–H and O–H groups in total. The van der Waals surface area contributed by atoms with Crippen LogP contribution in [0.3, 0.4) is 0 Å². The Morgan fingerprint density at radius 3 is 2.00 bits per heavy atom. The molecule has 150 valence electrons. The number of nitrogens with zero attached hydrogens (tertiary/aromatic N) is 2. The van der Waals surface area contributed by atoms with E-state index in [2.05, 4.69) is 16.4 Å². The average molecular weight is 378 g/mol. The van der Waals surface area contributed by atoms with Crippen LogP contribution in [-0.4, -0.2) is 92.1 Å². The third-order valence-corrected chi connectivity index (χ3v) is 4.10. The molecule has 0 aliphatic heterocycles. The van der Waals surface area contributed by atoms with Gasteiger partial charge in [0.25, 0.3) is 0 Å². The molecule has 0 heterocycles. The zero-order valence-electron chi connectivity index (χ0n) is 14.4. The van der Waals surface area contributed by atoms with Gasteiger partial charge in [-0.15, -0.1) is 0 Å². The van der Waals surface area contributed by atoms with Crippen molar-refractivity contribution in [3.8, 4) is 0 Å². The zero-order valence-corrected chi connectivity index (χ0v) is 14.4. The highest BCUT2D eigenvalue weighted by atomic mass is 17.1. The first kappa shape index (κ1) is 22.3. The maximum Gasteiger partial charge on any atom is 0.304 e. The number of carboxylic acid groups (broad SMARTS) is 2. The average Bonchev–Trinajstić information content (AvgIpc) is 3.37. The van der Waals surface area contributed by atoms with Gasteiger partial charge in [-0.25, -0.2) is 15.4 Å². The van der Waals surface area contributed by atoms with Gasteiger partial charge in [0, 0.05) is 26.2 Å². The summed E-state index contributed by atoms with van der Waals surface area (Å²) in [7, 11) is 0. The van der Waals surface area contributed by atoms with E-state index in [1.54, 1.807) is 9.80 Å². The lowest BCUT2D eigenvalue weighted by Crippen LogP contribution is -2.48. The summed E-state index contributed by atoms with van der Waals surface area (Å²) >= 11 is 0. The normalized spacial score (nSPS) is 16.5. The van der Waals surface area contributed by atoms with Crippen molar-refractivity contribution in [3.63, 3.8) is 0 Å². The Kier molecular flexibility index (Phi) is 8.92. The Balaban J connectivity index is 2.65. The van der Waals surface area contributed by atoms with Crippen LogP contribution in [0.25, 0.3) is 0 Å². The van der Waals surface area contributed by atoms with Crippen LogP contribution in [0.4, 0.5) is 0 Å². The van der Waals surface area contributed by atoms with Crippen LogP contribution in [0.1, 0.15) is 25.7 Å². The minimum atomic E-state index is -1.02. The van der Waals surface area contributed by atoms with Crippen molar-refractivity contribution in [3.05, 3.63) is 12.3 Å². The lowest BCUT2D eigenvalue weighted by atomic mass is 10.2. The van der Waals surface area contributed by atoms with Gasteiger partial charge < -0.3 is 20.2 Å². The SMILES string of the molecule is C=C(CN(CC(O)CN(CCC(=O)O)CCC(=O)O)C1(OO)CC1)OO. The summed E-state index contributed by atoms with van der Waals surface area (Å²) in [4.78, 5) is 33.1. The molecule has 0 bridgehead atoms. The predicted octanol–water partition coefficient (Wildman–Crippen LogP) is -0.116. The molecule has 1 unspecified atom stereocenters. The van der Waals surface area contributed by atoms with Gasteiger partial charge in [-0.1, -0.05) is 6.58 Å². The van der Waals surface area contributed by atoms with Crippen molar-refractivity contribution in [2.45, 2.75) is 37.5 Å². The molecule has 1 aliphatic carbocycles. The van der Waals surface area contributed by atoms with Crippen LogP contribution in [-0.2, 0) is 19.4 Å². The number of hydrogen-bond acceptors (Lipinski definition) is 9. The summed E-state index contributed by atoms with van der Waals surface area (Å²) < 4.78 is 0. The van der Waals surface area contributed by atoms with E-state index in [-0.39, 0.29) is 51.3 Å². The second kappa shape index (κ2) is 10.4. The number of aliphatic hydroxyl groups is 1. The van der Waals surface area contributed by atoms with Crippen molar-refractivity contribution >= 4 is 11.9 Å². The molecule has 26 heavy (non-hydrogen) atoms. The maximum atomic E-state index is 10.7. The second-order valence-electron chi connectivity index (χ2n) is 6.29. The summed E-state index contributed by atoms with van der Waals surface area (Å²) in [6.45, 7) is 3.71. The van der Waals surface area contributed by atoms with Gasteiger partial charge in [0.1, 0.15) is 5.76 Å². The van der Waals surface area contributed by atoms with Gasteiger partial charge >= 0.3 is 11.9 Å². The smallest absolute Gasteiger partial charge is 0.304 e. The highest BCUT2D eigenvalue weighted by Gasteiger charge is 2.51. The van der Waals surface area contributed by atoms with Gasteiger partial charge in [-0.3, -0.25) is 19.4 Å². The first-order valence-electron chi connectivity index (χ1n) is 8.13. The molecule has 0 spiro atoms. The van der Waals surface area contributed by atoms with E-state index >= 15 is 0 Å². The van der Waals surface area contributed by atoms with Crippen LogP contribution < -0.4 is 0 Å². The molecule has 0 aromatic heterocycles. The van der Waals surface area contributed by atoms with Crippen LogP contribution in [0, 0.1) is 0 Å². The fourth-order valence-corrected chi connectivity index (χ4v) is 2.60. The highest BCUT2D eigenvalue weighted by Crippen LogP contribution is 2.42. The molecule has 1 rings (SSSR count). The Hall–Kier alpha value is -1.76. The van der Waals surface area contributed by atoms with Crippen LogP contribution >= 0.6 is 0 Å². The summed E-state index contributed by atoms with van der Waals surface area (Å²) in [6, 6.07) is 0. The first-order valence-corrected chi connectivity index (χ1v) is 8.13. The molecule has 0 radical (unpaired) electrons. The van der Waals surface area contributed by atoms with Gasteiger partial charge in [0.05, 0.1) is 25.5 Å². The van der Waals surface area contributed by atoms with Crippen LogP contribution in [0.15, 0.2) is 12.3 Å². The highest BCUT2D eigenvalue weighted by molar-refractivity contribution is 5.67. The lowest BCUT2D eigenvalue weighted by Gasteiger charge is -2.32. The Morgan fingerprint density at radius 1 is 1.08 bits per heavy atom. The van der Waals surface area contributed by atoms with Gasteiger partial charge in [0.2, 0.25) is 0 Å². The van der Waals surface area contributed by atoms with Gasteiger partial charge in [-0.2, -0.15) is 0 Å². The Labute approximate surface area is 150 Å². The maximum absolute atomic E-state index is 10.7. The van der Waals surface area contributed by atoms with E-state index in [1.807, 2.05) is 0 Å². The number of hydrogen-bond donors (Lipinski definition) is 5. The summed E-state index contributed by atoms with van der Waals surface area (Å²) in [5.74, 6) is -2.05. The van der Waals surface area contributed by atoms with Crippen molar-refractivity contribution in [1.82, 2.24) is 9.80 Å². The third kappa shape index (κ3) is 7.64. The molecular formula is C15H26N2O9. The van der Waals surface area contributed by atoms with Gasteiger partial charge in [-0.05, 0) is 12.8 Å². The quantitative estimate of drug-likeness (QED) is 0.112. The number of carbonyl (C=O) groups is 2. The lowest BCUT2D eigenvalue weighted by molar-refractivity contribution is -0.330. The monoisotopic (exact) mass is 378 g/mol. The predicted molar refractivity (Wildman–Crippen MR) is 87.1 cm³/mol. The van der Waals surface area contributed by atoms with Crippen molar-refractivity contribution in [1.29, 1.82) is 0 Å². The van der Waals surface area contributed by atoms with Crippen molar-refractivity contribution < 1.29 is 45.2 Å². The fraction of sp³-hybridized carbons (Fsp3) is 0.733. The van der Waals surface area contributed by atoms with Crippen LogP contribution in [0.2, 0.25) is 0 Å². The molecule has 1 fully saturated rings. The number of rotatable bonds is 15. The fourth-order valence-electron chi connectivity index (χ4n) is 2.60. The summed E-state index contributed by atoms with van der Waals surface area (Å²) in [5, 5.41) is 45.7. The molecule has 11 nitrogen and oxygen atoms in total. The van der Waals surface area contributed by atoms with E-state index in [0.717, 1.165) is 0 Å². The standard InChI is InChI=1S/C15H26N2O9/c1-11(25-23)8-17(15(26-24)4-5-15)10-12(18)9-16(6-2-13(19)20)7-3-14(21)22/h12,18,23-24H,1-10H2,(H,19,20)(H,21,22). The van der Waals surface area contributed by atoms with Crippen LogP contribution in [0.5, 0.6) is 0 Å². The largest absolute Gasteiger partial charge is 0.481 e. The second-order valence-corrected chi connectivity index (χ2v) is 6.29. The van der Waals surface area contributed by atoms with E-state index in [9.17, 15) is 14.7 Å². The molecule has 0 aromatic carbocycles. The molecule has 0 amide bonds. The van der Waals surface area contributed by atoms with E-state index in [0.29, 0.717) is 12.8 Å². The number of aliphatic hydroxyl groups excluding tert-OH is 1.